The number of amides is 2. The molecule has 7 nitrogen and oxygen atoms in total. The van der Waals surface area contributed by atoms with E-state index in [-0.39, 0.29) is 24.3 Å². The van der Waals surface area contributed by atoms with Crippen molar-refractivity contribution >= 4 is 34.8 Å². The number of carbonyl (C=O) groups excluding carboxylic acids is 3. The summed E-state index contributed by atoms with van der Waals surface area (Å²) in [6.45, 7) is 1.39. The van der Waals surface area contributed by atoms with Crippen molar-refractivity contribution in [1.29, 1.82) is 0 Å². The van der Waals surface area contributed by atoms with Crippen LogP contribution in [0.4, 0.5) is 17.1 Å². The Balaban J connectivity index is 1.71. The number of nitrogens with one attached hydrogen (secondary N) is 1. The van der Waals surface area contributed by atoms with Crippen LogP contribution in [0.15, 0.2) is 48.5 Å². The number of benzene rings is 2. The number of ether oxygens (including phenoxy) is 1. The zero-order valence-corrected chi connectivity index (χ0v) is 16.1. The lowest BCUT2D eigenvalue weighted by Crippen LogP contribution is -2.41. The smallest absolute Gasteiger partial charge is 0.338 e. The van der Waals surface area contributed by atoms with E-state index in [2.05, 4.69) is 5.32 Å². The molecule has 1 aliphatic heterocycles. The number of rotatable bonds is 4. The van der Waals surface area contributed by atoms with Gasteiger partial charge in [0.05, 0.1) is 16.9 Å². The highest BCUT2D eigenvalue weighted by Gasteiger charge is 2.30. The molecule has 3 rings (SSSR count). The predicted octanol–water partition coefficient (Wildman–Crippen LogP) is 2.67. The third-order valence-corrected chi connectivity index (χ3v) is 4.57. The van der Waals surface area contributed by atoms with E-state index >= 15 is 0 Å². The minimum Gasteiger partial charge on any atom is -0.452 e. The molecule has 0 spiro atoms. The van der Waals surface area contributed by atoms with Crippen molar-refractivity contribution in [1.82, 2.24) is 0 Å². The van der Waals surface area contributed by atoms with E-state index in [1.54, 1.807) is 43.3 Å². The van der Waals surface area contributed by atoms with Crippen LogP contribution in [0.25, 0.3) is 0 Å². The summed E-state index contributed by atoms with van der Waals surface area (Å²) in [7, 11) is 3.82. The summed E-state index contributed by atoms with van der Waals surface area (Å²) < 4.78 is 5.23. The summed E-state index contributed by atoms with van der Waals surface area (Å²) in [6, 6.07) is 13.7. The quantitative estimate of drug-likeness (QED) is 0.824. The van der Waals surface area contributed by atoms with Crippen LogP contribution in [0.1, 0.15) is 23.7 Å². The Labute approximate surface area is 163 Å². The normalized spacial score (nSPS) is 15.9. The van der Waals surface area contributed by atoms with Crippen molar-refractivity contribution < 1.29 is 19.1 Å². The van der Waals surface area contributed by atoms with Crippen LogP contribution < -0.4 is 15.1 Å². The van der Waals surface area contributed by atoms with Gasteiger partial charge in [0.1, 0.15) is 0 Å². The predicted molar refractivity (Wildman–Crippen MR) is 108 cm³/mol. The summed E-state index contributed by atoms with van der Waals surface area (Å²) >= 11 is 0. The van der Waals surface area contributed by atoms with E-state index in [0.29, 0.717) is 16.9 Å². The third-order valence-electron chi connectivity index (χ3n) is 4.57. The van der Waals surface area contributed by atoms with Gasteiger partial charge < -0.3 is 19.9 Å². The Morgan fingerprint density at radius 3 is 2.50 bits per heavy atom. The number of nitrogens with zero attached hydrogens (tertiary/aromatic N) is 2. The molecule has 1 atom stereocenters. The lowest BCUT2D eigenvalue weighted by atomic mass is 10.1. The molecule has 1 aliphatic rings. The summed E-state index contributed by atoms with van der Waals surface area (Å²) in [5.41, 5.74) is 2.49. The van der Waals surface area contributed by atoms with Crippen LogP contribution >= 0.6 is 0 Å². The highest BCUT2D eigenvalue weighted by molar-refractivity contribution is 6.05. The average molecular weight is 381 g/mol. The molecule has 0 unspecified atom stereocenters. The Morgan fingerprint density at radius 2 is 1.82 bits per heavy atom. The van der Waals surface area contributed by atoms with Gasteiger partial charge in [0, 0.05) is 32.2 Å². The Kier molecular flexibility index (Phi) is 5.63. The molecule has 28 heavy (non-hydrogen) atoms. The number of para-hydroxylation sites is 2. The van der Waals surface area contributed by atoms with E-state index < -0.39 is 12.6 Å². The van der Waals surface area contributed by atoms with Gasteiger partial charge in [-0.25, -0.2) is 4.79 Å². The third kappa shape index (κ3) is 4.14. The Bertz CT molecular complexity index is 893. The minimum absolute atomic E-state index is 0.159. The molecule has 0 aliphatic carbocycles. The summed E-state index contributed by atoms with van der Waals surface area (Å²) in [5, 5.41) is 2.80. The molecule has 0 bridgehead atoms. The van der Waals surface area contributed by atoms with Crippen molar-refractivity contribution in [2.24, 2.45) is 0 Å². The first-order valence-electron chi connectivity index (χ1n) is 9.02. The number of anilines is 3. The lowest BCUT2D eigenvalue weighted by molar-refractivity contribution is -0.122. The molecule has 0 aromatic heterocycles. The maximum absolute atomic E-state index is 12.8. The van der Waals surface area contributed by atoms with Gasteiger partial charge in [-0.05, 0) is 43.3 Å². The standard InChI is InChI=1S/C21H23N3O4/c1-14-12-19(25)22-17-6-4-5-7-18(17)24(14)20(26)13-28-21(27)15-8-10-16(11-9-15)23(2)3/h4-11,14H,12-13H2,1-3H3,(H,22,25)/t14-/m1/s1. The second-order valence-electron chi connectivity index (χ2n) is 6.90. The SMILES string of the molecule is C[C@@H]1CC(=O)Nc2ccccc2N1C(=O)COC(=O)c1ccc(N(C)C)cc1. The van der Waals surface area contributed by atoms with Gasteiger partial charge in [-0.15, -0.1) is 0 Å². The highest BCUT2D eigenvalue weighted by atomic mass is 16.5. The van der Waals surface area contributed by atoms with Gasteiger partial charge in [-0.3, -0.25) is 9.59 Å². The molecule has 7 heteroatoms. The van der Waals surface area contributed by atoms with Crippen LogP contribution in [0.2, 0.25) is 0 Å². The van der Waals surface area contributed by atoms with Crippen LogP contribution in [-0.4, -0.2) is 44.5 Å². The lowest BCUT2D eigenvalue weighted by Gasteiger charge is -2.27. The number of esters is 1. The molecular weight excluding hydrogens is 358 g/mol. The van der Waals surface area contributed by atoms with Crippen molar-refractivity contribution in [2.75, 3.05) is 35.8 Å². The highest BCUT2D eigenvalue weighted by Crippen LogP contribution is 2.31. The fraction of sp³-hybridized carbons (Fsp3) is 0.286. The fourth-order valence-corrected chi connectivity index (χ4v) is 3.14. The number of carbonyl (C=O) groups is 3. The van der Waals surface area contributed by atoms with Crippen molar-refractivity contribution in [3.63, 3.8) is 0 Å². The summed E-state index contributed by atoms with van der Waals surface area (Å²) in [5.74, 6) is -1.11. The molecule has 0 saturated heterocycles. The van der Waals surface area contributed by atoms with E-state index in [0.717, 1.165) is 5.69 Å². The number of hydrogen-bond acceptors (Lipinski definition) is 5. The van der Waals surface area contributed by atoms with Gasteiger partial charge in [0.15, 0.2) is 6.61 Å². The largest absolute Gasteiger partial charge is 0.452 e. The number of hydrogen-bond donors (Lipinski definition) is 1. The van der Waals surface area contributed by atoms with Crippen LogP contribution in [0.3, 0.4) is 0 Å². The van der Waals surface area contributed by atoms with E-state index in [1.165, 1.54) is 4.90 Å². The number of fused-ring (bicyclic) bond motifs is 1. The zero-order valence-electron chi connectivity index (χ0n) is 16.1. The molecule has 0 saturated carbocycles. The molecule has 146 valence electrons. The molecule has 0 radical (unpaired) electrons. The summed E-state index contributed by atoms with van der Waals surface area (Å²) in [6.07, 6.45) is 0.167. The maximum atomic E-state index is 12.8. The van der Waals surface area contributed by atoms with Crippen molar-refractivity contribution in [3.05, 3.63) is 54.1 Å². The summed E-state index contributed by atoms with van der Waals surface area (Å²) in [4.78, 5) is 40.5. The van der Waals surface area contributed by atoms with Gasteiger partial charge in [0.25, 0.3) is 5.91 Å². The van der Waals surface area contributed by atoms with Crippen molar-refractivity contribution in [3.8, 4) is 0 Å². The van der Waals surface area contributed by atoms with Gasteiger partial charge in [-0.2, -0.15) is 0 Å². The van der Waals surface area contributed by atoms with E-state index in [9.17, 15) is 14.4 Å². The van der Waals surface area contributed by atoms with Crippen molar-refractivity contribution in [2.45, 2.75) is 19.4 Å². The Hall–Kier alpha value is -3.35. The van der Waals surface area contributed by atoms with E-state index in [1.807, 2.05) is 31.1 Å². The second kappa shape index (κ2) is 8.12. The van der Waals surface area contributed by atoms with Crippen LogP contribution in [0.5, 0.6) is 0 Å². The molecule has 0 fully saturated rings. The van der Waals surface area contributed by atoms with Gasteiger partial charge in [0.2, 0.25) is 5.91 Å². The average Bonchev–Trinajstić information content (AvgIpc) is 2.80. The second-order valence-corrected chi connectivity index (χ2v) is 6.90. The van der Waals surface area contributed by atoms with Crippen LogP contribution in [-0.2, 0) is 14.3 Å². The molecule has 2 amide bonds. The maximum Gasteiger partial charge on any atom is 0.338 e. The monoisotopic (exact) mass is 381 g/mol. The van der Waals surface area contributed by atoms with Gasteiger partial charge in [-0.1, -0.05) is 12.1 Å². The molecule has 2 aromatic carbocycles. The first-order chi connectivity index (χ1) is 13.4. The van der Waals surface area contributed by atoms with Crippen LogP contribution in [0, 0.1) is 0 Å². The Morgan fingerprint density at radius 1 is 1.14 bits per heavy atom. The van der Waals surface area contributed by atoms with E-state index in [4.69, 9.17) is 4.74 Å². The fourth-order valence-electron chi connectivity index (χ4n) is 3.14. The topological polar surface area (TPSA) is 79.0 Å². The first kappa shape index (κ1) is 19.4. The molecule has 2 aromatic rings. The molecule has 1 heterocycles. The minimum atomic E-state index is -0.566. The van der Waals surface area contributed by atoms with Gasteiger partial charge >= 0.3 is 5.97 Å². The first-order valence-corrected chi connectivity index (χ1v) is 9.02. The zero-order chi connectivity index (χ0) is 20.3. The molecule has 1 N–H and O–H groups in total. The molecular formula is C21H23N3O4.